The second kappa shape index (κ2) is 6.46. The second-order valence-corrected chi connectivity index (χ2v) is 6.83. The first-order valence-corrected chi connectivity index (χ1v) is 7.79. The van der Waals surface area contributed by atoms with E-state index < -0.39 is 7.67 Å². The van der Waals surface area contributed by atoms with Gasteiger partial charge in [0.05, 0.1) is 6.67 Å². The Balaban J connectivity index is 2.25. The molecule has 0 spiro atoms. The molecule has 0 aromatic heterocycles. The van der Waals surface area contributed by atoms with Crippen LogP contribution < -0.4 is 5.73 Å². The van der Waals surface area contributed by atoms with E-state index in [0.717, 1.165) is 5.56 Å². The third-order valence-corrected chi connectivity index (χ3v) is 5.71. The standard InChI is InChI=1S/C13H20N3O2P/c1-18-19(17)15(9-5-6-10-16(19)12-14)11-13-7-3-2-4-8-13/h2-8H,9-12,14H2,1H3. The molecule has 1 aliphatic rings. The van der Waals surface area contributed by atoms with Gasteiger partial charge in [-0.15, -0.1) is 0 Å². The largest absolute Gasteiger partial charge is 0.347 e. The molecule has 2 N–H and O–H groups in total. The van der Waals surface area contributed by atoms with Crippen LogP contribution in [0.25, 0.3) is 0 Å². The van der Waals surface area contributed by atoms with Gasteiger partial charge in [-0.1, -0.05) is 42.5 Å². The van der Waals surface area contributed by atoms with Crippen molar-refractivity contribution in [3.8, 4) is 0 Å². The summed E-state index contributed by atoms with van der Waals surface area (Å²) in [4.78, 5) is 0. The van der Waals surface area contributed by atoms with Gasteiger partial charge in [-0.05, 0) is 5.56 Å². The number of hydrogen-bond donors (Lipinski definition) is 1. The first-order chi connectivity index (χ1) is 9.20. The Morgan fingerprint density at radius 3 is 2.42 bits per heavy atom. The van der Waals surface area contributed by atoms with Crippen molar-refractivity contribution in [3.05, 3.63) is 48.0 Å². The van der Waals surface area contributed by atoms with Crippen molar-refractivity contribution in [1.29, 1.82) is 0 Å². The Morgan fingerprint density at radius 2 is 1.84 bits per heavy atom. The lowest BCUT2D eigenvalue weighted by atomic mass is 10.2. The molecule has 104 valence electrons. The predicted molar refractivity (Wildman–Crippen MR) is 76.4 cm³/mol. The Labute approximate surface area is 114 Å². The molecule has 19 heavy (non-hydrogen) atoms. The predicted octanol–water partition coefficient (Wildman–Crippen LogP) is 2.03. The highest BCUT2D eigenvalue weighted by Crippen LogP contribution is 2.54. The number of nitrogens with two attached hydrogens (primary N) is 1. The summed E-state index contributed by atoms with van der Waals surface area (Å²) in [5.74, 6) is 0. The van der Waals surface area contributed by atoms with E-state index in [1.807, 2.05) is 47.2 Å². The Morgan fingerprint density at radius 1 is 1.21 bits per heavy atom. The Hall–Kier alpha value is -0.970. The molecule has 1 atom stereocenters. The van der Waals surface area contributed by atoms with E-state index in [9.17, 15) is 4.57 Å². The molecule has 0 bridgehead atoms. The molecule has 1 heterocycles. The van der Waals surface area contributed by atoms with Crippen LogP contribution in [-0.4, -0.2) is 36.2 Å². The van der Waals surface area contributed by atoms with Gasteiger partial charge in [0.15, 0.2) is 0 Å². The summed E-state index contributed by atoms with van der Waals surface area (Å²) in [6, 6.07) is 9.94. The third kappa shape index (κ3) is 3.14. The zero-order valence-electron chi connectivity index (χ0n) is 11.1. The fourth-order valence-electron chi connectivity index (χ4n) is 2.13. The monoisotopic (exact) mass is 281 g/mol. The summed E-state index contributed by atoms with van der Waals surface area (Å²) in [7, 11) is -1.57. The maximum absolute atomic E-state index is 13.0. The summed E-state index contributed by atoms with van der Waals surface area (Å²) in [5, 5.41) is 0. The van der Waals surface area contributed by atoms with E-state index in [1.165, 1.54) is 7.11 Å². The van der Waals surface area contributed by atoms with Crippen molar-refractivity contribution in [2.75, 3.05) is 26.9 Å². The molecule has 5 nitrogen and oxygen atoms in total. The average molecular weight is 281 g/mol. The lowest BCUT2D eigenvalue weighted by Gasteiger charge is -2.34. The Bertz CT molecular complexity index is 478. The lowest BCUT2D eigenvalue weighted by Crippen LogP contribution is -2.34. The molecule has 6 heteroatoms. The molecule has 2 rings (SSSR count). The molecule has 0 amide bonds. The van der Waals surface area contributed by atoms with Gasteiger partial charge in [0.2, 0.25) is 0 Å². The molecule has 0 saturated carbocycles. The van der Waals surface area contributed by atoms with E-state index in [0.29, 0.717) is 19.6 Å². The van der Waals surface area contributed by atoms with Gasteiger partial charge >= 0.3 is 7.67 Å². The summed E-state index contributed by atoms with van der Waals surface area (Å²) in [6.07, 6.45) is 3.98. The van der Waals surface area contributed by atoms with E-state index in [-0.39, 0.29) is 6.67 Å². The highest BCUT2D eigenvalue weighted by atomic mass is 31.2. The molecular weight excluding hydrogens is 261 g/mol. The number of rotatable bonds is 4. The first kappa shape index (κ1) is 14.4. The summed E-state index contributed by atoms with van der Waals surface area (Å²) in [5.41, 5.74) is 6.80. The van der Waals surface area contributed by atoms with Gasteiger partial charge in [-0.25, -0.2) is 9.34 Å². The van der Waals surface area contributed by atoms with Crippen molar-refractivity contribution in [2.24, 2.45) is 5.73 Å². The zero-order valence-corrected chi connectivity index (χ0v) is 12.0. The highest BCUT2D eigenvalue weighted by Gasteiger charge is 2.37. The van der Waals surface area contributed by atoms with Crippen LogP contribution in [0.1, 0.15) is 5.56 Å². The maximum Gasteiger partial charge on any atom is 0.347 e. The Kier molecular flexibility index (Phi) is 4.91. The molecule has 1 aromatic carbocycles. The summed E-state index contributed by atoms with van der Waals surface area (Å²) in [6.45, 7) is 1.93. The molecule has 0 saturated heterocycles. The minimum absolute atomic E-state index is 0.209. The van der Waals surface area contributed by atoms with Crippen molar-refractivity contribution in [2.45, 2.75) is 6.54 Å². The number of hydrogen-bond acceptors (Lipinski definition) is 3. The normalized spacial score (nSPS) is 25.4. The minimum atomic E-state index is -3.04. The van der Waals surface area contributed by atoms with Crippen molar-refractivity contribution >= 4 is 7.67 Å². The average Bonchev–Trinajstić information content (AvgIpc) is 2.61. The van der Waals surface area contributed by atoms with Crippen LogP contribution in [0.2, 0.25) is 0 Å². The zero-order chi connectivity index (χ0) is 13.7. The first-order valence-electron chi connectivity index (χ1n) is 6.26. The fraction of sp³-hybridized carbons (Fsp3) is 0.385. The number of nitrogens with zero attached hydrogens (tertiary/aromatic N) is 2. The van der Waals surface area contributed by atoms with Gasteiger partial charge < -0.3 is 10.3 Å². The topological polar surface area (TPSA) is 58.8 Å². The molecule has 0 aliphatic carbocycles. The van der Waals surface area contributed by atoms with Crippen molar-refractivity contribution in [1.82, 2.24) is 9.34 Å². The van der Waals surface area contributed by atoms with E-state index >= 15 is 0 Å². The maximum atomic E-state index is 13.0. The molecule has 1 aromatic rings. The van der Waals surface area contributed by atoms with Crippen molar-refractivity contribution in [3.63, 3.8) is 0 Å². The number of benzene rings is 1. The SMILES string of the molecule is COP1(=O)N(CN)CC=CCN1Cc1ccccc1. The van der Waals surface area contributed by atoms with Gasteiger partial charge in [0.25, 0.3) is 0 Å². The quantitative estimate of drug-likeness (QED) is 0.676. The molecule has 1 aliphatic heterocycles. The van der Waals surface area contributed by atoms with E-state index in [2.05, 4.69) is 0 Å². The smallest absolute Gasteiger partial charge is 0.318 e. The van der Waals surface area contributed by atoms with E-state index in [1.54, 1.807) is 4.67 Å². The van der Waals surface area contributed by atoms with Gasteiger partial charge in [0.1, 0.15) is 0 Å². The lowest BCUT2D eigenvalue weighted by molar-refractivity contribution is 0.254. The van der Waals surface area contributed by atoms with Crippen molar-refractivity contribution < 1.29 is 9.09 Å². The summed E-state index contributed by atoms with van der Waals surface area (Å²) >= 11 is 0. The fourth-order valence-corrected chi connectivity index (χ4v) is 4.10. The minimum Gasteiger partial charge on any atom is -0.318 e. The summed E-state index contributed by atoms with van der Waals surface area (Å²) < 4.78 is 21.9. The second-order valence-electron chi connectivity index (χ2n) is 4.35. The molecular formula is C13H20N3O2P. The molecule has 0 radical (unpaired) electrons. The van der Waals surface area contributed by atoms with Gasteiger partial charge in [-0.3, -0.25) is 4.57 Å². The van der Waals surface area contributed by atoms with E-state index in [4.69, 9.17) is 10.3 Å². The van der Waals surface area contributed by atoms with Crippen LogP contribution in [0.15, 0.2) is 42.5 Å². The molecule has 0 fully saturated rings. The molecule has 1 unspecified atom stereocenters. The van der Waals surface area contributed by atoms with Crippen LogP contribution in [0.3, 0.4) is 0 Å². The van der Waals surface area contributed by atoms with Crippen LogP contribution in [-0.2, 0) is 15.6 Å². The van der Waals surface area contributed by atoms with Crippen LogP contribution >= 0.6 is 7.67 Å². The van der Waals surface area contributed by atoms with Crippen LogP contribution in [0.4, 0.5) is 0 Å². The van der Waals surface area contributed by atoms with Gasteiger partial charge in [0, 0.05) is 26.7 Å². The third-order valence-electron chi connectivity index (χ3n) is 3.17. The van der Waals surface area contributed by atoms with Gasteiger partial charge in [-0.2, -0.15) is 0 Å². The highest BCUT2D eigenvalue weighted by molar-refractivity contribution is 7.53. The van der Waals surface area contributed by atoms with Crippen LogP contribution in [0, 0.1) is 0 Å². The van der Waals surface area contributed by atoms with Crippen LogP contribution in [0.5, 0.6) is 0 Å².